The molecular formula is C22H26N2O4. The van der Waals surface area contributed by atoms with E-state index in [1.165, 1.54) is 0 Å². The number of rotatable bonds is 9. The van der Waals surface area contributed by atoms with E-state index in [9.17, 15) is 9.59 Å². The maximum atomic E-state index is 12.6. The van der Waals surface area contributed by atoms with Crippen molar-refractivity contribution in [3.05, 3.63) is 59.7 Å². The number of benzene rings is 2. The van der Waals surface area contributed by atoms with Gasteiger partial charge in [0.05, 0.1) is 14.2 Å². The Morgan fingerprint density at radius 3 is 2.25 bits per heavy atom. The average Bonchev–Trinajstić information content (AvgIpc) is 3.55. The first kappa shape index (κ1) is 19.7. The van der Waals surface area contributed by atoms with E-state index >= 15 is 0 Å². The summed E-state index contributed by atoms with van der Waals surface area (Å²) in [4.78, 5) is 25.2. The highest BCUT2D eigenvalue weighted by molar-refractivity contribution is 6.07. The molecule has 1 aliphatic carbocycles. The summed E-state index contributed by atoms with van der Waals surface area (Å²) in [6.45, 7) is 0.853. The van der Waals surface area contributed by atoms with Gasteiger partial charge in [-0.2, -0.15) is 0 Å². The molecule has 2 aromatic carbocycles. The van der Waals surface area contributed by atoms with Crippen molar-refractivity contribution in [1.82, 2.24) is 10.6 Å². The molecule has 28 heavy (non-hydrogen) atoms. The molecule has 0 aliphatic heterocycles. The number of carbonyl (C=O) groups is 2. The number of amides is 2. The molecule has 6 nitrogen and oxygen atoms in total. The fourth-order valence-electron chi connectivity index (χ4n) is 3.17. The lowest BCUT2D eigenvalue weighted by molar-refractivity contribution is -0.137. The van der Waals surface area contributed by atoms with Crippen molar-refractivity contribution in [2.24, 2.45) is 5.41 Å². The monoisotopic (exact) mass is 382 g/mol. The van der Waals surface area contributed by atoms with Crippen LogP contribution in [0.2, 0.25) is 0 Å². The second-order valence-electron chi connectivity index (χ2n) is 6.93. The lowest BCUT2D eigenvalue weighted by Crippen LogP contribution is -2.43. The Bertz CT molecular complexity index is 829. The van der Waals surface area contributed by atoms with E-state index in [0.717, 1.165) is 22.6 Å². The van der Waals surface area contributed by atoms with Crippen LogP contribution >= 0.6 is 0 Å². The summed E-state index contributed by atoms with van der Waals surface area (Å²) in [6.07, 6.45) is 1.82. The number of carbonyl (C=O) groups excluding carboxylic acids is 2. The van der Waals surface area contributed by atoms with Crippen molar-refractivity contribution in [3.63, 3.8) is 0 Å². The fraction of sp³-hybridized carbons (Fsp3) is 0.364. The van der Waals surface area contributed by atoms with Gasteiger partial charge in [0.2, 0.25) is 11.8 Å². The Kier molecular flexibility index (Phi) is 6.19. The Hall–Kier alpha value is -3.02. The van der Waals surface area contributed by atoms with Crippen molar-refractivity contribution >= 4 is 11.8 Å². The SMILES string of the molecule is COc1ccc(CNC(=O)C2(C(=O)NCCc3ccccc3OC)CC2)cc1. The van der Waals surface area contributed by atoms with Crippen LogP contribution in [0.1, 0.15) is 24.0 Å². The number of methoxy groups -OCH3 is 2. The number of hydrogen-bond donors (Lipinski definition) is 2. The van der Waals surface area contributed by atoms with Crippen LogP contribution in [0.3, 0.4) is 0 Å². The van der Waals surface area contributed by atoms with Gasteiger partial charge in [0.25, 0.3) is 0 Å². The molecule has 2 amide bonds. The molecule has 3 rings (SSSR count). The predicted molar refractivity (Wildman–Crippen MR) is 106 cm³/mol. The summed E-state index contributed by atoms with van der Waals surface area (Å²) >= 11 is 0. The minimum Gasteiger partial charge on any atom is -0.497 e. The maximum absolute atomic E-state index is 12.6. The largest absolute Gasteiger partial charge is 0.497 e. The van der Waals surface area contributed by atoms with Gasteiger partial charge in [0.15, 0.2) is 0 Å². The standard InChI is InChI=1S/C22H26N2O4/c1-27-18-9-7-16(8-10-18)15-24-21(26)22(12-13-22)20(25)23-14-11-17-5-3-4-6-19(17)28-2/h3-10H,11-15H2,1-2H3,(H,23,25)(H,24,26). The number of nitrogens with one attached hydrogen (secondary N) is 2. The highest BCUT2D eigenvalue weighted by Crippen LogP contribution is 2.46. The van der Waals surface area contributed by atoms with Gasteiger partial charge in [0.1, 0.15) is 16.9 Å². The Morgan fingerprint density at radius 2 is 1.61 bits per heavy atom. The van der Waals surface area contributed by atoms with Crippen LogP contribution in [0.25, 0.3) is 0 Å². The third kappa shape index (κ3) is 4.44. The quantitative estimate of drug-likeness (QED) is 0.653. The van der Waals surface area contributed by atoms with Crippen LogP contribution in [0.4, 0.5) is 0 Å². The Labute approximate surface area is 165 Å². The smallest absolute Gasteiger partial charge is 0.235 e. The van der Waals surface area contributed by atoms with Gasteiger partial charge in [-0.25, -0.2) is 0 Å². The lowest BCUT2D eigenvalue weighted by atomic mass is 10.0. The average molecular weight is 382 g/mol. The van der Waals surface area contributed by atoms with Crippen molar-refractivity contribution < 1.29 is 19.1 Å². The zero-order valence-electron chi connectivity index (χ0n) is 16.3. The topological polar surface area (TPSA) is 76.7 Å². The molecule has 2 aromatic rings. The van der Waals surface area contributed by atoms with Crippen molar-refractivity contribution in [1.29, 1.82) is 0 Å². The molecular weight excluding hydrogens is 356 g/mol. The second kappa shape index (κ2) is 8.78. The van der Waals surface area contributed by atoms with Gasteiger partial charge >= 0.3 is 0 Å². The molecule has 0 unspecified atom stereocenters. The van der Waals surface area contributed by atoms with Crippen LogP contribution in [0.5, 0.6) is 11.5 Å². The predicted octanol–water partition coefficient (Wildman–Crippen LogP) is 2.46. The van der Waals surface area contributed by atoms with Crippen LogP contribution in [0, 0.1) is 5.41 Å². The summed E-state index contributed by atoms with van der Waals surface area (Å²) < 4.78 is 10.5. The molecule has 0 spiro atoms. The van der Waals surface area contributed by atoms with Crippen LogP contribution in [0.15, 0.2) is 48.5 Å². The van der Waals surface area contributed by atoms with Gasteiger partial charge in [0, 0.05) is 13.1 Å². The molecule has 1 aliphatic rings. The fourth-order valence-corrected chi connectivity index (χ4v) is 3.17. The highest BCUT2D eigenvalue weighted by Gasteiger charge is 2.56. The first-order chi connectivity index (χ1) is 13.6. The van der Waals surface area contributed by atoms with Gasteiger partial charge < -0.3 is 20.1 Å². The molecule has 0 radical (unpaired) electrons. The molecule has 1 saturated carbocycles. The normalized spacial score (nSPS) is 14.1. The highest BCUT2D eigenvalue weighted by atomic mass is 16.5. The molecule has 148 valence electrons. The third-order valence-electron chi connectivity index (χ3n) is 5.10. The Balaban J connectivity index is 1.49. The molecule has 0 aromatic heterocycles. The van der Waals surface area contributed by atoms with E-state index in [1.54, 1.807) is 14.2 Å². The lowest BCUT2D eigenvalue weighted by Gasteiger charge is -2.16. The zero-order valence-corrected chi connectivity index (χ0v) is 16.3. The van der Waals surface area contributed by atoms with E-state index in [0.29, 0.717) is 32.4 Å². The van der Waals surface area contributed by atoms with E-state index in [-0.39, 0.29) is 11.8 Å². The minimum absolute atomic E-state index is 0.199. The van der Waals surface area contributed by atoms with Gasteiger partial charge in [-0.15, -0.1) is 0 Å². The Morgan fingerprint density at radius 1 is 0.929 bits per heavy atom. The van der Waals surface area contributed by atoms with Crippen LogP contribution < -0.4 is 20.1 Å². The van der Waals surface area contributed by atoms with Gasteiger partial charge in [-0.05, 0) is 48.6 Å². The van der Waals surface area contributed by atoms with Gasteiger partial charge in [-0.1, -0.05) is 30.3 Å². The summed E-state index contributed by atoms with van der Waals surface area (Å²) in [5, 5.41) is 5.79. The van der Waals surface area contributed by atoms with Gasteiger partial charge in [-0.3, -0.25) is 9.59 Å². The number of ether oxygens (including phenoxy) is 2. The van der Waals surface area contributed by atoms with E-state index in [1.807, 2.05) is 48.5 Å². The summed E-state index contributed by atoms with van der Waals surface area (Å²) in [6, 6.07) is 15.2. The summed E-state index contributed by atoms with van der Waals surface area (Å²) in [7, 11) is 3.24. The molecule has 1 fully saturated rings. The first-order valence-corrected chi connectivity index (χ1v) is 9.40. The molecule has 0 atom stereocenters. The third-order valence-corrected chi connectivity index (χ3v) is 5.10. The maximum Gasteiger partial charge on any atom is 0.235 e. The van der Waals surface area contributed by atoms with E-state index < -0.39 is 5.41 Å². The number of para-hydroxylation sites is 1. The summed E-state index contributed by atoms with van der Waals surface area (Å²) in [5.41, 5.74) is 1.06. The zero-order chi connectivity index (χ0) is 20.0. The summed E-state index contributed by atoms with van der Waals surface area (Å²) in [5.74, 6) is 1.16. The molecule has 0 heterocycles. The first-order valence-electron chi connectivity index (χ1n) is 9.40. The van der Waals surface area contributed by atoms with E-state index in [4.69, 9.17) is 9.47 Å². The van der Waals surface area contributed by atoms with Crippen molar-refractivity contribution in [2.75, 3.05) is 20.8 Å². The van der Waals surface area contributed by atoms with Crippen LogP contribution in [-0.4, -0.2) is 32.6 Å². The van der Waals surface area contributed by atoms with Crippen LogP contribution in [-0.2, 0) is 22.6 Å². The van der Waals surface area contributed by atoms with Crippen molar-refractivity contribution in [2.45, 2.75) is 25.8 Å². The molecule has 0 saturated heterocycles. The van der Waals surface area contributed by atoms with Crippen molar-refractivity contribution in [3.8, 4) is 11.5 Å². The minimum atomic E-state index is -0.923. The molecule has 6 heteroatoms. The number of hydrogen-bond acceptors (Lipinski definition) is 4. The van der Waals surface area contributed by atoms with E-state index in [2.05, 4.69) is 10.6 Å². The molecule has 0 bridgehead atoms. The second-order valence-corrected chi connectivity index (χ2v) is 6.93. The molecule has 2 N–H and O–H groups in total.